The van der Waals surface area contributed by atoms with E-state index in [1.807, 2.05) is 7.05 Å². The van der Waals surface area contributed by atoms with Crippen LogP contribution in [-0.4, -0.2) is 69.9 Å². The van der Waals surface area contributed by atoms with Gasteiger partial charge in [-0.15, -0.1) is 0 Å². The van der Waals surface area contributed by atoms with Gasteiger partial charge in [0, 0.05) is 19.5 Å². The summed E-state index contributed by atoms with van der Waals surface area (Å²) in [5, 5.41) is 13.0. The molecule has 0 aromatic rings. The molecule has 0 aliphatic rings. The van der Waals surface area contributed by atoms with Gasteiger partial charge in [-0.25, -0.2) is 0 Å². The molecule has 2 atom stereocenters. The van der Waals surface area contributed by atoms with E-state index in [4.69, 9.17) is 0 Å². The van der Waals surface area contributed by atoms with Crippen molar-refractivity contribution in [1.82, 2.24) is 21.3 Å². The fraction of sp³-hybridized carbons (Fsp3) is 0.913. The van der Waals surface area contributed by atoms with Gasteiger partial charge in [-0.05, 0) is 52.0 Å². The highest BCUT2D eigenvalue weighted by Crippen LogP contribution is 2.13. The monoisotopic (exact) mass is 751 g/mol. The number of rotatable bonds is 38. The Morgan fingerprint density at radius 1 is 0.547 bits per heavy atom. The van der Waals surface area contributed by atoms with Crippen LogP contribution in [0, 0.1) is 0 Å². The normalized spacial score (nSPS) is 12.8. The zero-order valence-electron chi connectivity index (χ0n) is 37.2. The predicted octanol–water partition coefficient (Wildman–Crippen LogP) is 11.7. The molecule has 53 heavy (non-hydrogen) atoms. The minimum atomic E-state index is -0.505. The molecule has 0 radical (unpaired) electrons. The number of hydrogen-bond donors (Lipinski definition) is 4. The van der Waals surface area contributed by atoms with Crippen molar-refractivity contribution < 1.29 is 14.1 Å². The third-order valence-electron chi connectivity index (χ3n) is 9.97. The van der Waals surface area contributed by atoms with Crippen LogP contribution in [0.15, 0.2) is 12.2 Å². The van der Waals surface area contributed by atoms with Gasteiger partial charge in [0.1, 0.15) is 6.04 Å². The Morgan fingerprint density at radius 3 is 1.36 bits per heavy atom. The summed E-state index contributed by atoms with van der Waals surface area (Å²) >= 11 is 0. The van der Waals surface area contributed by atoms with Crippen LogP contribution in [0.2, 0.25) is 0 Å². The van der Waals surface area contributed by atoms with Crippen molar-refractivity contribution >= 4 is 11.8 Å². The molecule has 2 amide bonds. The number of quaternary nitrogens is 1. The molecule has 0 saturated heterocycles. The summed E-state index contributed by atoms with van der Waals surface area (Å²) in [4.78, 5) is 26.1. The van der Waals surface area contributed by atoms with E-state index >= 15 is 0 Å². The standard InChI is InChI=1S/C43H87N5O2.C3H8/c1-7-9-11-13-15-17-19-21-23-24-26-28-30-32-34-36-41(49)47-40(37-39-46-43(44-3)48(4,5)6)42(50)45-38-35-33-31-29-27-25-22-20-18-16-14-12-10-8-2;1-3-2/h21,23,40,43-44,46H,7-20,22,24-39H2,1-6H3,(H-,45,47,49,50);3H2,1-2H3/p+1/b23-21+;. The van der Waals surface area contributed by atoms with E-state index in [1.165, 1.54) is 154 Å². The second kappa shape index (κ2) is 41.7. The van der Waals surface area contributed by atoms with E-state index in [0.717, 1.165) is 25.7 Å². The highest BCUT2D eigenvalue weighted by Gasteiger charge is 2.24. The number of nitrogens with zero attached hydrogens (tertiary/aromatic N) is 1. The number of nitrogens with one attached hydrogen (secondary N) is 4. The minimum absolute atomic E-state index is 0.00367. The van der Waals surface area contributed by atoms with Crippen molar-refractivity contribution in [2.45, 2.75) is 233 Å². The third kappa shape index (κ3) is 40.1. The Labute approximate surface area is 332 Å². The fourth-order valence-electron chi connectivity index (χ4n) is 6.67. The van der Waals surface area contributed by atoms with Gasteiger partial charge >= 0.3 is 0 Å². The molecule has 0 aliphatic carbocycles. The summed E-state index contributed by atoms with van der Waals surface area (Å²) < 4.78 is 0.717. The van der Waals surface area contributed by atoms with Gasteiger partial charge in [0.15, 0.2) is 6.29 Å². The molecule has 0 heterocycles. The van der Waals surface area contributed by atoms with E-state index in [0.29, 0.717) is 30.4 Å². The summed E-state index contributed by atoms with van der Waals surface area (Å²) in [6, 6.07) is -0.505. The SMILES string of the molecule is CCC.CCCCCCCC/C=C/CCCCCCCC(=O)NC(CCNC(NC)[N+](C)(C)C)C(=O)NCCCCCCCCCCCCCCCC. The summed E-state index contributed by atoms with van der Waals surface area (Å²) in [5.41, 5.74) is 0. The van der Waals surface area contributed by atoms with Crippen molar-refractivity contribution in [1.29, 1.82) is 0 Å². The lowest BCUT2D eigenvalue weighted by Crippen LogP contribution is -2.61. The van der Waals surface area contributed by atoms with E-state index in [9.17, 15) is 9.59 Å². The van der Waals surface area contributed by atoms with Crippen LogP contribution in [0.4, 0.5) is 0 Å². The first-order valence-electron chi connectivity index (χ1n) is 23.1. The zero-order valence-corrected chi connectivity index (χ0v) is 37.2. The fourth-order valence-corrected chi connectivity index (χ4v) is 6.67. The largest absolute Gasteiger partial charge is 0.354 e. The van der Waals surface area contributed by atoms with Crippen molar-refractivity contribution in [3.05, 3.63) is 12.2 Å². The van der Waals surface area contributed by atoms with Gasteiger partial charge in [-0.2, -0.15) is 0 Å². The van der Waals surface area contributed by atoms with Crippen LogP contribution in [0.5, 0.6) is 0 Å². The Morgan fingerprint density at radius 2 is 0.943 bits per heavy atom. The van der Waals surface area contributed by atoms with Crippen molar-refractivity contribution in [2.24, 2.45) is 0 Å². The Hall–Kier alpha value is -1.44. The molecule has 7 nitrogen and oxygen atoms in total. The molecular formula is C46H96N5O2+. The first-order chi connectivity index (χ1) is 25.7. The van der Waals surface area contributed by atoms with Crippen LogP contribution >= 0.6 is 0 Å². The molecule has 0 bridgehead atoms. The molecule has 0 aliphatic heterocycles. The second-order valence-corrected chi connectivity index (χ2v) is 16.6. The highest BCUT2D eigenvalue weighted by molar-refractivity contribution is 5.87. The van der Waals surface area contributed by atoms with Gasteiger partial charge in [0.25, 0.3) is 0 Å². The van der Waals surface area contributed by atoms with E-state index in [2.05, 4.69) is 82.3 Å². The Kier molecular flexibility index (Phi) is 42.2. The lowest BCUT2D eigenvalue weighted by Gasteiger charge is -2.34. The second-order valence-electron chi connectivity index (χ2n) is 16.6. The number of allylic oxidation sites excluding steroid dienone is 2. The van der Waals surface area contributed by atoms with Crippen LogP contribution in [-0.2, 0) is 9.59 Å². The minimum Gasteiger partial charge on any atom is -0.354 e. The summed E-state index contributed by atoms with van der Waals surface area (Å²) in [6.45, 7) is 10.1. The predicted molar refractivity (Wildman–Crippen MR) is 234 cm³/mol. The van der Waals surface area contributed by atoms with Gasteiger partial charge in [0.2, 0.25) is 11.8 Å². The highest BCUT2D eigenvalue weighted by atomic mass is 16.2. The number of hydrogen-bond acceptors (Lipinski definition) is 4. The summed E-state index contributed by atoms with van der Waals surface area (Å²) in [7, 11) is 8.33. The zero-order chi connectivity index (χ0) is 39.7. The van der Waals surface area contributed by atoms with Crippen molar-refractivity contribution in [2.75, 3.05) is 41.3 Å². The number of carbonyl (C=O) groups excluding carboxylic acids is 2. The van der Waals surface area contributed by atoms with Crippen LogP contribution in [0.1, 0.15) is 220 Å². The molecule has 2 unspecified atom stereocenters. The quantitative estimate of drug-likeness (QED) is 0.0219. The van der Waals surface area contributed by atoms with Crippen LogP contribution in [0.25, 0.3) is 0 Å². The number of amides is 2. The Bertz CT molecular complexity index is 797. The molecular weight excluding hydrogens is 655 g/mol. The first-order valence-corrected chi connectivity index (χ1v) is 23.1. The molecule has 0 rings (SSSR count). The molecule has 0 fully saturated rings. The molecule has 0 aromatic heterocycles. The first kappa shape index (κ1) is 53.7. The molecule has 7 heteroatoms. The molecule has 0 spiro atoms. The van der Waals surface area contributed by atoms with Gasteiger partial charge < -0.3 is 15.1 Å². The van der Waals surface area contributed by atoms with E-state index in [-0.39, 0.29) is 18.1 Å². The van der Waals surface area contributed by atoms with Gasteiger partial charge in [0.05, 0.1) is 21.1 Å². The van der Waals surface area contributed by atoms with Gasteiger partial charge in [-0.3, -0.25) is 20.2 Å². The average Bonchev–Trinajstić information content (AvgIpc) is 3.12. The summed E-state index contributed by atoms with van der Waals surface area (Å²) in [6.07, 6.45) is 41.8. The van der Waals surface area contributed by atoms with Crippen molar-refractivity contribution in [3.8, 4) is 0 Å². The van der Waals surface area contributed by atoms with Gasteiger partial charge in [-0.1, -0.05) is 181 Å². The smallest absolute Gasteiger partial charge is 0.242 e. The lowest BCUT2D eigenvalue weighted by atomic mass is 10.0. The maximum absolute atomic E-state index is 13.2. The van der Waals surface area contributed by atoms with Crippen LogP contribution in [0.3, 0.4) is 0 Å². The van der Waals surface area contributed by atoms with E-state index in [1.54, 1.807) is 0 Å². The van der Waals surface area contributed by atoms with E-state index < -0.39 is 6.04 Å². The maximum atomic E-state index is 13.2. The van der Waals surface area contributed by atoms with Crippen molar-refractivity contribution in [3.63, 3.8) is 0 Å². The third-order valence-corrected chi connectivity index (χ3v) is 9.97. The molecule has 0 saturated carbocycles. The molecule has 4 N–H and O–H groups in total. The topological polar surface area (TPSA) is 82.3 Å². The average molecular weight is 751 g/mol. The summed E-state index contributed by atoms with van der Waals surface area (Å²) in [5.74, 6) is -0.0540. The number of unbranched alkanes of at least 4 members (excludes halogenated alkanes) is 24. The lowest BCUT2D eigenvalue weighted by molar-refractivity contribution is -0.902. The number of carbonyl (C=O) groups is 2. The molecule has 0 aromatic carbocycles. The Balaban J connectivity index is 0. The van der Waals surface area contributed by atoms with Crippen LogP contribution < -0.4 is 21.3 Å². The molecule has 316 valence electrons. The maximum Gasteiger partial charge on any atom is 0.242 e.